The Bertz CT molecular complexity index is 3490. The van der Waals surface area contributed by atoms with Gasteiger partial charge in [-0.2, -0.15) is 0 Å². The second-order valence-electron chi connectivity index (χ2n) is 15.7. The van der Waals surface area contributed by atoms with Gasteiger partial charge in [0.2, 0.25) is 0 Å². The van der Waals surface area contributed by atoms with Crippen LogP contribution in [0.1, 0.15) is 5.56 Å². The number of fused-ring (bicyclic) bond motifs is 4. The lowest BCUT2D eigenvalue weighted by atomic mass is 9.81. The van der Waals surface area contributed by atoms with E-state index in [0.717, 1.165) is 0 Å². The molecule has 57 heavy (non-hydrogen) atoms. The third-order valence-electron chi connectivity index (χ3n) is 12.5. The van der Waals surface area contributed by atoms with Crippen LogP contribution in [0, 0.1) is 6.92 Å². The normalized spacial score (nSPS) is 11.9. The lowest BCUT2D eigenvalue weighted by molar-refractivity contribution is 1.53. The third kappa shape index (κ3) is 4.94. The molecule has 12 rings (SSSR count). The van der Waals surface area contributed by atoms with E-state index in [9.17, 15) is 0 Å². The van der Waals surface area contributed by atoms with E-state index in [4.69, 9.17) is 0 Å². The fraction of sp³-hybridized carbons (Fsp3) is 0.0175. The predicted molar refractivity (Wildman–Crippen MR) is 247 cm³/mol. The monoisotopic (exact) mass is 720 g/mol. The zero-order valence-corrected chi connectivity index (χ0v) is 31.6. The summed E-state index contributed by atoms with van der Waals surface area (Å²) in [5.74, 6) is 0. The molecule has 0 aliphatic carbocycles. The van der Waals surface area contributed by atoms with Crippen LogP contribution in [0.2, 0.25) is 0 Å². The Labute approximate surface area is 331 Å². The average molecular weight is 721 g/mol. The first kappa shape index (κ1) is 32.0. The van der Waals surface area contributed by atoms with Crippen LogP contribution in [0.3, 0.4) is 0 Å². The minimum atomic E-state index is 1.23. The molecule has 0 saturated heterocycles. The van der Waals surface area contributed by atoms with Crippen molar-refractivity contribution >= 4 is 75.4 Å². The molecule has 0 unspecified atom stereocenters. The lowest BCUT2D eigenvalue weighted by Gasteiger charge is -2.22. The van der Waals surface area contributed by atoms with Crippen LogP contribution in [-0.4, -0.2) is 0 Å². The van der Waals surface area contributed by atoms with Crippen LogP contribution >= 0.6 is 0 Å². The highest BCUT2D eigenvalue weighted by atomic mass is 14.3. The summed E-state index contributed by atoms with van der Waals surface area (Å²) in [6.45, 7) is 2.22. The van der Waals surface area contributed by atoms with E-state index in [1.54, 1.807) is 0 Å². The van der Waals surface area contributed by atoms with Gasteiger partial charge in [-0.15, -0.1) is 0 Å². The van der Waals surface area contributed by atoms with Crippen molar-refractivity contribution < 1.29 is 0 Å². The van der Waals surface area contributed by atoms with E-state index in [0.29, 0.717) is 0 Å². The minimum Gasteiger partial charge on any atom is -0.0616 e. The Morgan fingerprint density at radius 3 is 1.37 bits per heavy atom. The molecule has 0 bridgehead atoms. The molecule has 0 aromatic heterocycles. The van der Waals surface area contributed by atoms with Gasteiger partial charge >= 0.3 is 0 Å². The Morgan fingerprint density at radius 2 is 0.737 bits per heavy atom. The summed E-state index contributed by atoms with van der Waals surface area (Å²) in [7, 11) is 0. The van der Waals surface area contributed by atoms with E-state index in [2.05, 4.69) is 207 Å². The standard InChI is InChI=1S/C57H36/c1-35-10-8-18-47-46(35)17-9-19-48(47)54-33-45-26-27-49-52(42-23-20-36-11-2-5-14-39(36)30-42)34-53(43-24-21-37-12-3-6-15-40(37)31-43)50-28-29-51(56(45)57(49)50)55(54)44-25-22-38-13-4-7-16-41(38)32-44/h2-34H,1H3. The van der Waals surface area contributed by atoms with E-state index in [1.165, 1.54) is 125 Å². The number of hydrogen-bond acceptors (Lipinski definition) is 0. The van der Waals surface area contributed by atoms with Crippen LogP contribution in [0.25, 0.3) is 120 Å². The molecular weight excluding hydrogens is 685 g/mol. The highest BCUT2D eigenvalue weighted by Gasteiger charge is 2.22. The van der Waals surface area contributed by atoms with Gasteiger partial charge in [-0.3, -0.25) is 0 Å². The van der Waals surface area contributed by atoms with Crippen LogP contribution in [-0.2, 0) is 0 Å². The summed E-state index contributed by atoms with van der Waals surface area (Å²) in [6, 6.07) is 75.0. The van der Waals surface area contributed by atoms with Gasteiger partial charge in [0.25, 0.3) is 0 Å². The molecule has 0 aliphatic rings. The van der Waals surface area contributed by atoms with E-state index >= 15 is 0 Å². The van der Waals surface area contributed by atoms with Gasteiger partial charge in [0.15, 0.2) is 0 Å². The van der Waals surface area contributed by atoms with Gasteiger partial charge in [-0.1, -0.05) is 170 Å². The Kier molecular flexibility index (Phi) is 6.94. The molecule has 0 heterocycles. The zero-order valence-electron chi connectivity index (χ0n) is 31.6. The predicted octanol–water partition coefficient (Wildman–Crippen LogP) is 16.2. The Balaban J connectivity index is 1.24. The van der Waals surface area contributed by atoms with Crippen molar-refractivity contribution in [2.24, 2.45) is 0 Å². The number of hydrogen-bond donors (Lipinski definition) is 0. The number of benzene rings is 12. The summed E-state index contributed by atoms with van der Waals surface area (Å²) in [6.07, 6.45) is 0. The molecule has 0 radical (unpaired) electrons. The van der Waals surface area contributed by atoms with Crippen LogP contribution in [0.5, 0.6) is 0 Å². The molecule has 0 saturated carbocycles. The zero-order chi connectivity index (χ0) is 37.6. The fourth-order valence-corrected chi connectivity index (χ4v) is 9.73. The smallest absolute Gasteiger partial charge is 0.00141 e. The van der Waals surface area contributed by atoms with Gasteiger partial charge in [-0.05, 0) is 163 Å². The highest BCUT2D eigenvalue weighted by Crippen LogP contribution is 2.50. The molecule has 0 spiro atoms. The summed E-state index contributed by atoms with van der Waals surface area (Å²) < 4.78 is 0. The molecule has 0 N–H and O–H groups in total. The first-order valence-corrected chi connectivity index (χ1v) is 19.9. The van der Waals surface area contributed by atoms with Crippen molar-refractivity contribution in [1.29, 1.82) is 0 Å². The number of aryl methyl sites for hydroxylation is 1. The SMILES string of the molecule is Cc1cccc2c(-c3cc4ccc5c(-c6ccc7ccccc7c6)cc(-c6ccc7ccccc7c6)c6ccc(c3-c3ccc7ccccc7c3)c4c56)cccc12. The molecule has 0 atom stereocenters. The van der Waals surface area contributed by atoms with Crippen molar-refractivity contribution in [2.45, 2.75) is 6.92 Å². The largest absolute Gasteiger partial charge is 0.0616 e. The van der Waals surface area contributed by atoms with Crippen molar-refractivity contribution in [3.05, 3.63) is 206 Å². The lowest BCUT2D eigenvalue weighted by Crippen LogP contribution is -1.95. The highest BCUT2D eigenvalue weighted by molar-refractivity contribution is 6.31. The van der Waals surface area contributed by atoms with E-state index < -0.39 is 0 Å². The fourth-order valence-electron chi connectivity index (χ4n) is 9.73. The summed E-state index contributed by atoms with van der Waals surface area (Å²) in [5.41, 5.74) is 11.3. The first-order valence-electron chi connectivity index (χ1n) is 19.9. The van der Waals surface area contributed by atoms with Gasteiger partial charge in [0.1, 0.15) is 0 Å². The van der Waals surface area contributed by atoms with Gasteiger partial charge in [0.05, 0.1) is 0 Å². The van der Waals surface area contributed by atoms with E-state index in [-0.39, 0.29) is 0 Å². The van der Waals surface area contributed by atoms with Crippen LogP contribution in [0.4, 0.5) is 0 Å². The minimum absolute atomic E-state index is 1.23. The maximum absolute atomic E-state index is 2.47. The summed E-state index contributed by atoms with van der Waals surface area (Å²) in [5, 5.41) is 17.8. The number of rotatable bonds is 4. The van der Waals surface area contributed by atoms with Crippen molar-refractivity contribution in [3.8, 4) is 44.5 Å². The topological polar surface area (TPSA) is 0 Å². The molecule has 0 nitrogen and oxygen atoms in total. The van der Waals surface area contributed by atoms with E-state index in [1.807, 2.05) is 0 Å². The van der Waals surface area contributed by atoms with Gasteiger partial charge in [0, 0.05) is 0 Å². The molecule has 0 heteroatoms. The molecule has 0 amide bonds. The summed E-state index contributed by atoms with van der Waals surface area (Å²) in [4.78, 5) is 0. The van der Waals surface area contributed by atoms with Crippen LogP contribution in [0.15, 0.2) is 200 Å². The first-order chi connectivity index (χ1) is 28.2. The summed E-state index contributed by atoms with van der Waals surface area (Å²) >= 11 is 0. The molecule has 264 valence electrons. The molecule has 0 aliphatic heterocycles. The maximum Gasteiger partial charge on any atom is -0.00141 e. The van der Waals surface area contributed by atoms with Crippen molar-refractivity contribution in [2.75, 3.05) is 0 Å². The molecule has 12 aromatic carbocycles. The van der Waals surface area contributed by atoms with Crippen molar-refractivity contribution in [3.63, 3.8) is 0 Å². The molecular formula is C57H36. The average Bonchev–Trinajstić information content (AvgIpc) is 3.27. The molecule has 12 aromatic rings. The maximum atomic E-state index is 2.47. The second-order valence-corrected chi connectivity index (χ2v) is 15.7. The Hall–Kier alpha value is -7.28. The van der Waals surface area contributed by atoms with Gasteiger partial charge < -0.3 is 0 Å². The second kappa shape index (κ2) is 12.4. The van der Waals surface area contributed by atoms with Gasteiger partial charge in [-0.25, -0.2) is 0 Å². The van der Waals surface area contributed by atoms with Crippen molar-refractivity contribution in [1.82, 2.24) is 0 Å². The Morgan fingerprint density at radius 1 is 0.246 bits per heavy atom. The molecule has 0 fully saturated rings. The van der Waals surface area contributed by atoms with Crippen LogP contribution < -0.4 is 0 Å². The quantitative estimate of drug-likeness (QED) is 0.159. The third-order valence-corrected chi connectivity index (χ3v) is 12.5.